The molecule has 0 atom stereocenters. The molecule has 15 heavy (non-hydrogen) atoms. The Morgan fingerprint density at radius 3 is 2.13 bits per heavy atom. The summed E-state index contributed by atoms with van der Waals surface area (Å²) in [5, 5.41) is 0. The van der Waals surface area contributed by atoms with E-state index in [-0.39, 0.29) is 0 Å². The maximum atomic E-state index is 5.20. The van der Waals surface area contributed by atoms with Crippen LogP contribution in [0.1, 0.15) is 58.3 Å². The summed E-state index contributed by atoms with van der Waals surface area (Å²) in [6.07, 6.45) is 20.5. The largest absolute Gasteiger partial charge is 0.0845 e. The van der Waals surface area contributed by atoms with E-state index < -0.39 is 0 Å². The predicted molar refractivity (Wildman–Crippen MR) is 69.8 cm³/mol. The van der Waals surface area contributed by atoms with Gasteiger partial charge in [0.1, 0.15) is 0 Å². The van der Waals surface area contributed by atoms with Crippen molar-refractivity contribution in [1.29, 1.82) is 0 Å². The molecular weight excluding hydrogens is 180 g/mol. The minimum atomic E-state index is 1.20. The summed E-state index contributed by atoms with van der Waals surface area (Å²) in [6, 6.07) is 0. The van der Waals surface area contributed by atoms with Crippen LogP contribution in [-0.2, 0) is 0 Å². The summed E-state index contributed by atoms with van der Waals surface area (Å²) in [5.41, 5.74) is 0. The second kappa shape index (κ2) is 13.2. The third kappa shape index (κ3) is 13.2. The lowest BCUT2D eigenvalue weighted by atomic mass is 10.1. The summed E-state index contributed by atoms with van der Waals surface area (Å²) < 4.78 is 0. The first-order valence-electron chi connectivity index (χ1n) is 6.28. The Morgan fingerprint density at radius 2 is 1.47 bits per heavy atom. The average molecular weight is 205 g/mol. The fourth-order valence-corrected chi connectivity index (χ4v) is 1.52. The van der Waals surface area contributed by atoms with Gasteiger partial charge in [0, 0.05) is 0 Å². The molecule has 0 aliphatic heterocycles. The van der Waals surface area contributed by atoms with Crippen LogP contribution in [0.4, 0.5) is 0 Å². The predicted octanol–water partition coefficient (Wildman–Crippen LogP) is 5.23. The Morgan fingerprint density at radius 1 is 0.800 bits per heavy atom. The summed E-state index contributed by atoms with van der Waals surface area (Å²) in [7, 11) is 0. The van der Waals surface area contributed by atoms with Gasteiger partial charge in [-0.2, -0.15) is 0 Å². The van der Waals surface area contributed by atoms with Gasteiger partial charge in [0.15, 0.2) is 0 Å². The van der Waals surface area contributed by atoms with E-state index in [0.29, 0.717) is 0 Å². The van der Waals surface area contributed by atoms with E-state index >= 15 is 0 Å². The second-order valence-electron chi connectivity index (χ2n) is 3.92. The monoisotopic (exact) mass is 205 g/mol. The Labute approximate surface area is 95.8 Å². The van der Waals surface area contributed by atoms with Gasteiger partial charge < -0.3 is 0 Å². The van der Waals surface area contributed by atoms with E-state index in [1.54, 1.807) is 6.08 Å². The van der Waals surface area contributed by atoms with Gasteiger partial charge in [0.25, 0.3) is 0 Å². The fourth-order valence-electron chi connectivity index (χ4n) is 1.52. The van der Waals surface area contributed by atoms with Crippen LogP contribution in [0.15, 0.2) is 30.4 Å². The van der Waals surface area contributed by atoms with Gasteiger partial charge in [-0.05, 0) is 12.8 Å². The molecule has 0 unspecified atom stereocenters. The van der Waals surface area contributed by atoms with E-state index in [2.05, 4.69) is 19.1 Å². The highest BCUT2D eigenvalue weighted by atomic mass is 13.9. The Bertz CT molecular complexity index is 174. The van der Waals surface area contributed by atoms with E-state index in [1.165, 1.54) is 51.4 Å². The van der Waals surface area contributed by atoms with Crippen molar-refractivity contribution in [3.8, 4) is 0 Å². The molecule has 0 bridgehead atoms. The molecule has 0 N–H and O–H groups in total. The molecule has 0 saturated carbocycles. The standard InChI is InChI=1S/C15H25/c1-3-5-7-9-11-13-15-14-12-10-8-6-4-2/h1,3,5,7,9,11H,4,6,8,10,12-15H2,2H3/b3-1?,7-5+,11-9+. The first-order valence-corrected chi connectivity index (χ1v) is 6.28. The third-order valence-electron chi connectivity index (χ3n) is 2.44. The van der Waals surface area contributed by atoms with Crippen molar-refractivity contribution in [2.24, 2.45) is 0 Å². The lowest BCUT2D eigenvalue weighted by Crippen LogP contribution is -1.78. The zero-order chi connectivity index (χ0) is 11.2. The summed E-state index contributed by atoms with van der Waals surface area (Å²) in [5.74, 6) is 0. The van der Waals surface area contributed by atoms with Crippen molar-refractivity contribution < 1.29 is 0 Å². The molecule has 0 aromatic rings. The van der Waals surface area contributed by atoms with Gasteiger partial charge in [0.05, 0.1) is 0 Å². The molecule has 0 heterocycles. The Balaban J connectivity index is 3.07. The average Bonchev–Trinajstić information content (AvgIpc) is 2.26. The fraction of sp³-hybridized carbons (Fsp3) is 0.600. The molecular formula is C15H25. The van der Waals surface area contributed by atoms with E-state index in [9.17, 15) is 0 Å². The second-order valence-corrected chi connectivity index (χ2v) is 3.92. The van der Waals surface area contributed by atoms with Crippen molar-refractivity contribution in [2.75, 3.05) is 0 Å². The molecule has 0 rings (SSSR count). The SMILES string of the molecule is [CH]=C/C=C/C=C/CCCCCCCCC. The summed E-state index contributed by atoms with van der Waals surface area (Å²) >= 11 is 0. The molecule has 0 saturated heterocycles. The van der Waals surface area contributed by atoms with Crippen LogP contribution in [0.5, 0.6) is 0 Å². The van der Waals surface area contributed by atoms with Gasteiger partial charge >= 0.3 is 0 Å². The van der Waals surface area contributed by atoms with Gasteiger partial charge in [-0.25, -0.2) is 0 Å². The van der Waals surface area contributed by atoms with Gasteiger partial charge in [-0.3, -0.25) is 0 Å². The van der Waals surface area contributed by atoms with Crippen LogP contribution in [0, 0.1) is 6.58 Å². The molecule has 85 valence electrons. The van der Waals surface area contributed by atoms with Gasteiger partial charge in [-0.15, -0.1) is 0 Å². The minimum absolute atomic E-state index is 1.20. The van der Waals surface area contributed by atoms with Crippen molar-refractivity contribution in [2.45, 2.75) is 58.3 Å². The Kier molecular flexibility index (Phi) is 12.5. The quantitative estimate of drug-likeness (QED) is 0.338. The molecule has 1 radical (unpaired) electrons. The van der Waals surface area contributed by atoms with Crippen molar-refractivity contribution in [3.63, 3.8) is 0 Å². The highest BCUT2D eigenvalue weighted by molar-refractivity contribution is 5.07. The molecule has 0 nitrogen and oxygen atoms in total. The van der Waals surface area contributed by atoms with Crippen molar-refractivity contribution >= 4 is 0 Å². The van der Waals surface area contributed by atoms with Gasteiger partial charge in [0.2, 0.25) is 0 Å². The van der Waals surface area contributed by atoms with Crippen LogP contribution >= 0.6 is 0 Å². The first-order chi connectivity index (χ1) is 7.41. The van der Waals surface area contributed by atoms with Crippen molar-refractivity contribution in [1.82, 2.24) is 0 Å². The number of unbranched alkanes of at least 4 members (excludes halogenated alkanes) is 7. The molecule has 0 aromatic carbocycles. The highest BCUT2D eigenvalue weighted by Crippen LogP contribution is 2.08. The van der Waals surface area contributed by atoms with Crippen LogP contribution < -0.4 is 0 Å². The molecule has 0 amide bonds. The zero-order valence-electron chi connectivity index (χ0n) is 10.1. The summed E-state index contributed by atoms with van der Waals surface area (Å²) in [4.78, 5) is 0. The molecule has 0 heteroatoms. The molecule has 0 spiro atoms. The Hall–Kier alpha value is -0.780. The molecule has 0 aliphatic carbocycles. The minimum Gasteiger partial charge on any atom is -0.0845 e. The maximum absolute atomic E-state index is 5.20. The van der Waals surface area contributed by atoms with E-state index in [1.807, 2.05) is 12.2 Å². The lowest BCUT2D eigenvalue weighted by molar-refractivity contribution is 0.592. The normalized spacial score (nSPS) is 11.5. The van der Waals surface area contributed by atoms with Crippen LogP contribution in [0.2, 0.25) is 0 Å². The number of hydrogen-bond donors (Lipinski definition) is 0. The molecule has 0 aromatic heterocycles. The number of allylic oxidation sites excluding steroid dienone is 5. The zero-order valence-corrected chi connectivity index (χ0v) is 10.1. The number of hydrogen-bond acceptors (Lipinski definition) is 0. The number of rotatable bonds is 10. The summed E-state index contributed by atoms with van der Waals surface area (Å²) in [6.45, 7) is 7.46. The lowest BCUT2D eigenvalue weighted by Gasteiger charge is -1.98. The first kappa shape index (κ1) is 14.2. The van der Waals surface area contributed by atoms with Crippen LogP contribution in [0.25, 0.3) is 0 Å². The third-order valence-corrected chi connectivity index (χ3v) is 2.44. The van der Waals surface area contributed by atoms with E-state index in [4.69, 9.17) is 6.58 Å². The highest BCUT2D eigenvalue weighted by Gasteiger charge is 1.88. The topological polar surface area (TPSA) is 0 Å². The van der Waals surface area contributed by atoms with Crippen LogP contribution in [-0.4, -0.2) is 0 Å². The van der Waals surface area contributed by atoms with Crippen molar-refractivity contribution in [3.05, 3.63) is 37.0 Å². The molecule has 0 aliphatic rings. The smallest absolute Gasteiger partial charge is 0.0348 e. The van der Waals surface area contributed by atoms with Crippen LogP contribution in [0.3, 0.4) is 0 Å². The molecule has 0 fully saturated rings. The van der Waals surface area contributed by atoms with E-state index in [0.717, 1.165) is 0 Å². The maximum Gasteiger partial charge on any atom is -0.0348 e. The van der Waals surface area contributed by atoms with Gasteiger partial charge in [-0.1, -0.05) is 82.4 Å².